The van der Waals surface area contributed by atoms with Crippen LogP contribution in [0.2, 0.25) is 0 Å². The highest BCUT2D eigenvalue weighted by Gasteiger charge is 2.37. The number of aliphatic hydroxyl groups is 1. The molecule has 0 unspecified atom stereocenters. The highest BCUT2D eigenvalue weighted by molar-refractivity contribution is 5.76. The fourth-order valence-electron chi connectivity index (χ4n) is 3.23. The van der Waals surface area contributed by atoms with E-state index in [0.717, 1.165) is 18.8 Å². The van der Waals surface area contributed by atoms with Crippen molar-refractivity contribution in [3.8, 4) is 0 Å². The number of aryl methyl sites for hydroxylation is 2. The quantitative estimate of drug-likeness (QED) is 0.811. The molecule has 22 heavy (non-hydrogen) atoms. The number of morpholine rings is 1. The number of aromatic nitrogens is 2. The Morgan fingerprint density at radius 3 is 2.86 bits per heavy atom. The van der Waals surface area contributed by atoms with Crippen LogP contribution >= 0.6 is 0 Å². The van der Waals surface area contributed by atoms with E-state index in [2.05, 4.69) is 10.00 Å². The molecule has 0 spiro atoms. The number of nitrogens with zero attached hydrogens (tertiary/aromatic N) is 4. The summed E-state index contributed by atoms with van der Waals surface area (Å²) in [6.07, 6.45) is 1.70. The second kappa shape index (κ2) is 6.76. The van der Waals surface area contributed by atoms with Crippen molar-refractivity contribution in [1.29, 1.82) is 0 Å². The summed E-state index contributed by atoms with van der Waals surface area (Å²) in [6.45, 7) is 6.67. The van der Waals surface area contributed by atoms with Crippen molar-refractivity contribution in [3.05, 3.63) is 18.0 Å². The van der Waals surface area contributed by atoms with Crippen LogP contribution < -0.4 is 0 Å². The minimum atomic E-state index is -0.464. The molecule has 3 rings (SSSR count). The van der Waals surface area contributed by atoms with Crippen LogP contribution in [0.3, 0.4) is 0 Å². The molecule has 0 saturated carbocycles. The van der Waals surface area contributed by atoms with Crippen molar-refractivity contribution in [2.75, 3.05) is 39.4 Å². The predicted molar refractivity (Wildman–Crippen MR) is 80.3 cm³/mol. The summed E-state index contributed by atoms with van der Waals surface area (Å²) < 4.78 is 7.18. The maximum absolute atomic E-state index is 12.4. The first-order valence-electron chi connectivity index (χ1n) is 7.91. The van der Waals surface area contributed by atoms with Gasteiger partial charge in [0.25, 0.3) is 0 Å². The van der Waals surface area contributed by atoms with Crippen LogP contribution in [0.4, 0.5) is 0 Å². The second-order valence-electron chi connectivity index (χ2n) is 6.03. The number of carbonyl (C=O) groups is 1. The Hall–Kier alpha value is -1.44. The third-order valence-corrected chi connectivity index (χ3v) is 4.59. The first-order valence-corrected chi connectivity index (χ1v) is 7.91. The van der Waals surface area contributed by atoms with Crippen molar-refractivity contribution in [3.63, 3.8) is 0 Å². The van der Waals surface area contributed by atoms with Crippen LogP contribution in [0, 0.1) is 6.92 Å². The lowest BCUT2D eigenvalue weighted by Gasteiger charge is -2.33. The molecule has 2 fully saturated rings. The van der Waals surface area contributed by atoms with E-state index in [1.165, 1.54) is 0 Å². The summed E-state index contributed by atoms with van der Waals surface area (Å²) >= 11 is 0. The molecule has 1 amide bonds. The van der Waals surface area contributed by atoms with Crippen molar-refractivity contribution in [2.24, 2.45) is 0 Å². The molecule has 0 aliphatic carbocycles. The number of hydrogen-bond acceptors (Lipinski definition) is 5. The third kappa shape index (κ3) is 3.31. The van der Waals surface area contributed by atoms with Crippen LogP contribution in [-0.2, 0) is 16.1 Å². The zero-order chi connectivity index (χ0) is 15.5. The van der Waals surface area contributed by atoms with Gasteiger partial charge in [-0.15, -0.1) is 0 Å². The normalized spacial score (nSPS) is 26.5. The molecule has 7 nitrogen and oxygen atoms in total. The molecule has 1 aromatic heterocycles. The zero-order valence-electron chi connectivity index (χ0n) is 13.0. The SMILES string of the molecule is Cc1ccnn1CCC(=O)N1C[C@@H](O)[C@H](N2CCOCC2)C1. The van der Waals surface area contributed by atoms with Gasteiger partial charge in [0.05, 0.1) is 25.4 Å². The molecule has 2 aliphatic heterocycles. The standard InChI is InChI=1S/C15H24N4O3/c1-12-2-4-16-19(12)5-3-15(21)18-10-13(14(20)11-18)17-6-8-22-9-7-17/h2,4,13-14,20H,3,5-11H2,1H3/t13-,14-/m1/s1. The molecular weight excluding hydrogens is 284 g/mol. The summed E-state index contributed by atoms with van der Waals surface area (Å²) in [6, 6.07) is 1.97. The van der Waals surface area contributed by atoms with Gasteiger partial charge in [-0.05, 0) is 13.0 Å². The third-order valence-electron chi connectivity index (χ3n) is 4.59. The number of β-amino-alcohol motifs (C(OH)–C–C–N with tert-alkyl or cyclic N) is 1. The van der Waals surface area contributed by atoms with E-state index in [-0.39, 0.29) is 11.9 Å². The second-order valence-corrected chi connectivity index (χ2v) is 6.03. The molecular formula is C15H24N4O3. The summed E-state index contributed by atoms with van der Waals surface area (Å²) in [5, 5.41) is 14.5. The lowest BCUT2D eigenvalue weighted by molar-refractivity contribution is -0.130. The van der Waals surface area contributed by atoms with Crippen LogP contribution in [0.15, 0.2) is 12.3 Å². The summed E-state index contributed by atoms with van der Waals surface area (Å²) in [5.74, 6) is 0.0877. The molecule has 2 atom stereocenters. The van der Waals surface area contributed by atoms with Crippen molar-refractivity contribution in [1.82, 2.24) is 19.6 Å². The van der Waals surface area contributed by atoms with Gasteiger partial charge < -0.3 is 14.7 Å². The highest BCUT2D eigenvalue weighted by Crippen LogP contribution is 2.18. The Labute approximate surface area is 130 Å². The van der Waals surface area contributed by atoms with E-state index in [1.54, 1.807) is 11.1 Å². The minimum absolute atomic E-state index is 0.0410. The Kier molecular flexibility index (Phi) is 4.75. The van der Waals surface area contributed by atoms with E-state index in [1.807, 2.05) is 17.7 Å². The average molecular weight is 308 g/mol. The molecule has 0 bridgehead atoms. The van der Waals surface area contributed by atoms with Gasteiger partial charge in [-0.2, -0.15) is 5.10 Å². The fourth-order valence-corrected chi connectivity index (χ4v) is 3.23. The van der Waals surface area contributed by atoms with Gasteiger partial charge in [0, 0.05) is 51.0 Å². The van der Waals surface area contributed by atoms with Gasteiger partial charge in [-0.1, -0.05) is 0 Å². The predicted octanol–water partition coefficient (Wildman–Crippen LogP) is -0.514. The van der Waals surface area contributed by atoms with Gasteiger partial charge >= 0.3 is 0 Å². The van der Waals surface area contributed by atoms with Crippen molar-refractivity contribution >= 4 is 5.91 Å². The largest absolute Gasteiger partial charge is 0.390 e. The van der Waals surface area contributed by atoms with Gasteiger partial charge in [-0.3, -0.25) is 14.4 Å². The smallest absolute Gasteiger partial charge is 0.224 e. The number of ether oxygens (including phenoxy) is 1. The van der Waals surface area contributed by atoms with E-state index < -0.39 is 6.10 Å². The van der Waals surface area contributed by atoms with E-state index in [4.69, 9.17) is 4.74 Å². The summed E-state index contributed by atoms with van der Waals surface area (Å²) in [5.41, 5.74) is 1.06. The molecule has 1 aromatic rings. The summed E-state index contributed by atoms with van der Waals surface area (Å²) in [4.78, 5) is 16.4. The molecule has 7 heteroatoms. The van der Waals surface area contributed by atoms with E-state index in [9.17, 15) is 9.90 Å². The van der Waals surface area contributed by atoms with Gasteiger partial charge in [0.15, 0.2) is 0 Å². The maximum Gasteiger partial charge on any atom is 0.224 e. The van der Waals surface area contributed by atoms with Crippen LogP contribution in [-0.4, -0.2) is 82.1 Å². The lowest BCUT2D eigenvalue weighted by Crippen LogP contribution is -2.49. The van der Waals surface area contributed by atoms with Gasteiger partial charge in [0.2, 0.25) is 5.91 Å². The topological polar surface area (TPSA) is 70.8 Å². The summed E-state index contributed by atoms with van der Waals surface area (Å²) in [7, 11) is 0. The Morgan fingerprint density at radius 1 is 1.41 bits per heavy atom. The molecule has 2 aliphatic rings. The van der Waals surface area contributed by atoms with Crippen LogP contribution in [0.25, 0.3) is 0 Å². The number of likely N-dealkylation sites (tertiary alicyclic amines) is 1. The number of aliphatic hydroxyl groups excluding tert-OH is 1. The lowest BCUT2D eigenvalue weighted by atomic mass is 10.1. The first kappa shape index (κ1) is 15.5. The Bertz CT molecular complexity index is 513. The highest BCUT2D eigenvalue weighted by atomic mass is 16.5. The first-order chi connectivity index (χ1) is 10.6. The average Bonchev–Trinajstić information content (AvgIpc) is 3.12. The zero-order valence-corrected chi connectivity index (χ0v) is 13.0. The Balaban J connectivity index is 1.52. The number of carbonyl (C=O) groups excluding carboxylic acids is 1. The number of rotatable bonds is 4. The van der Waals surface area contributed by atoms with E-state index >= 15 is 0 Å². The van der Waals surface area contributed by atoms with Gasteiger partial charge in [-0.25, -0.2) is 0 Å². The maximum atomic E-state index is 12.4. The number of hydrogen-bond donors (Lipinski definition) is 1. The molecule has 0 aromatic carbocycles. The molecule has 0 radical (unpaired) electrons. The van der Waals surface area contributed by atoms with E-state index in [0.29, 0.717) is 39.3 Å². The van der Waals surface area contributed by atoms with Gasteiger partial charge in [0.1, 0.15) is 0 Å². The Morgan fingerprint density at radius 2 is 2.18 bits per heavy atom. The van der Waals surface area contributed by atoms with Crippen molar-refractivity contribution < 1.29 is 14.6 Å². The van der Waals surface area contributed by atoms with Crippen LogP contribution in [0.5, 0.6) is 0 Å². The molecule has 1 N–H and O–H groups in total. The fraction of sp³-hybridized carbons (Fsp3) is 0.733. The molecule has 2 saturated heterocycles. The monoisotopic (exact) mass is 308 g/mol. The van der Waals surface area contributed by atoms with Crippen molar-refractivity contribution in [2.45, 2.75) is 32.0 Å². The molecule has 3 heterocycles. The van der Waals surface area contributed by atoms with Crippen LogP contribution in [0.1, 0.15) is 12.1 Å². The minimum Gasteiger partial charge on any atom is -0.390 e. The molecule has 122 valence electrons. The number of amides is 1.